The maximum absolute atomic E-state index is 11.7. The van der Waals surface area contributed by atoms with Gasteiger partial charge < -0.3 is 29.5 Å². The number of halogens is 1. The number of aromatic amines is 3. The second kappa shape index (κ2) is 13.9. The first kappa shape index (κ1) is 32.1. The van der Waals surface area contributed by atoms with Crippen LogP contribution in [0.2, 0.25) is 0 Å². The Morgan fingerprint density at radius 3 is 1.49 bits per heavy atom. The number of esters is 2. The SMILES string of the molecule is CCOC(=O)c1cc2c(Br)cccc2[nH]1.CCOC(=O)c1cc2c(C3CC3)cccc2[nH]1.O=C(O)c1cc2c(C3CC3)cccc2[nH]1. The van der Waals surface area contributed by atoms with Gasteiger partial charge in [-0.05, 0) is 105 Å². The van der Waals surface area contributed by atoms with E-state index in [1.807, 2.05) is 55.5 Å². The lowest BCUT2D eigenvalue weighted by Crippen LogP contribution is -2.04. The number of aromatic carboxylic acids is 1. The van der Waals surface area contributed by atoms with Gasteiger partial charge in [0.25, 0.3) is 0 Å². The lowest BCUT2D eigenvalue weighted by atomic mass is 10.1. The minimum atomic E-state index is -0.895. The standard InChI is InChI=1S/C14H15NO2.C12H11NO2.C11H10BrNO2/c1-2-17-14(16)13-8-11-10(9-6-7-9)4-3-5-12(11)15-13;14-12(15)11-6-9-8(7-4-5-7)2-1-3-10(9)13-11;1-2-15-11(14)10-6-7-8(12)4-3-5-9(7)13-10/h3-5,8-9,15H,2,6-7H2,1H3;1-3,6-7,13H,4-5H2,(H,14,15);3-6,13H,2H2,1H3. The lowest BCUT2D eigenvalue weighted by molar-refractivity contribution is 0.0511. The van der Waals surface area contributed by atoms with Crippen molar-refractivity contribution < 1.29 is 29.0 Å². The Balaban J connectivity index is 0.000000124. The monoisotopic (exact) mass is 697 g/mol. The van der Waals surface area contributed by atoms with Crippen LogP contribution in [0.3, 0.4) is 0 Å². The number of H-pyrrole nitrogens is 3. The van der Waals surface area contributed by atoms with Crippen molar-refractivity contribution in [1.82, 2.24) is 15.0 Å². The van der Waals surface area contributed by atoms with Gasteiger partial charge in [0.15, 0.2) is 0 Å². The molecular weight excluding hydrogens is 662 g/mol. The number of fused-ring (bicyclic) bond motifs is 3. The summed E-state index contributed by atoms with van der Waals surface area (Å²) in [6.07, 6.45) is 4.98. The molecule has 2 aliphatic carbocycles. The number of ether oxygens (including phenoxy) is 2. The predicted molar refractivity (Wildman–Crippen MR) is 185 cm³/mol. The molecule has 0 spiro atoms. The lowest BCUT2D eigenvalue weighted by Gasteiger charge is -1.98. The van der Waals surface area contributed by atoms with Gasteiger partial charge in [0, 0.05) is 37.2 Å². The summed E-state index contributed by atoms with van der Waals surface area (Å²) in [7, 11) is 0. The molecule has 0 radical (unpaired) electrons. The quantitative estimate of drug-likeness (QED) is 0.123. The Hall–Kier alpha value is -4.83. The van der Waals surface area contributed by atoms with Crippen molar-refractivity contribution in [1.29, 1.82) is 0 Å². The van der Waals surface area contributed by atoms with Crippen LogP contribution in [0.1, 0.15) is 94.0 Å². The average molecular weight is 699 g/mol. The number of benzene rings is 3. The molecule has 3 aromatic heterocycles. The number of carboxylic acids is 1. The molecule has 9 nitrogen and oxygen atoms in total. The topological polar surface area (TPSA) is 137 Å². The number of carboxylic acid groups (broad SMARTS) is 1. The Bertz CT molecular complexity index is 2080. The zero-order chi connectivity index (χ0) is 33.1. The largest absolute Gasteiger partial charge is 0.477 e. The molecule has 3 aromatic carbocycles. The van der Waals surface area contributed by atoms with Crippen LogP contribution in [0, 0.1) is 0 Å². The summed E-state index contributed by atoms with van der Waals surface area (Å²) in [5.74, 6) is -0.158. The van der Waals surface area contributed by atoms with Crippen LogP contribution in [0.5, 0.6) is 0 Å². The van der Waals surface area contributed by atoms with Crippen LogP contribution in [-0.2, 0) is 9.47 Å². The first-order valence-corrected chi connectivity index (χ1v) is 16.6. The third kappa shape index (κ3) is 7.28. The molecule has 0 unspecified atom stereocenters. The minimum Gasteiger partial charge on any atom is -0.477 e. The maximum atomic E-state index is 11.7. The highest BCUT2D eigenvalue weighted by Gasteiger charge is 2.27. The van der Waals surface area contributed by atoms with Crippen molar-refractivity contribution in [2.75, 3.05) is 13.2 Å². The summed E-state index contributed by atoms with van der Waals surface area (Å²) in [6.45, 7) is 4.39. The van der Waals surface area contributed by atoms with Gasteiger partial charge in [0.1, 0.15) is 17.1 Å². The van der Waals surface area contributed by atoms with Crippen LogP contribution in [0.4, 0.5) is 0 Å². The van der Waals surface area contributed by atoms with E-state index in [1.54, 1.807) is 19.1 Å². The molecule has 4 N–H and O–H groups in total. The number of aromatic nitrogens is 3. The minimum absolute atomic E-state index is 0.273. The smallest absolute Gasteiger partial charge is 0.354 e. The Kier molecular flexibility index (Phi) is 9.49. The maximum Gasteiger partial charge on any atom is 0.354 e. The van der Waals surface area contributed by atoms with Gasteiger partial charge in [0.05, 0.1) is 13.2 Å². The van der Waals surface area contributed by atoms with E-state index in [4.69, 9.17) is 14.6 Å². The Labute approximate surface area is 279 Å². The molecule has 242 valence electrons. The van der Waals surface area contributed by atoms with Crippen LogP contribution >= 0.6 is 15.9 Å². The van der Waals surface area contributed by atoms with E-state index < -0.39 is 5.97 Å². The van der Waals surface area contributed by atoms with Gasteiger partial charge in [-0.25, -0.2) is 14.4 Å². The number of carbonyl (C=O) groups excluding carboxylic acids is 2. The van der Waals surface area contributed by atoms with Crippen molar-refractivity contribution in [2.45, 2.75) is 51.4 Å². The van der Waals surface area contributed by atoms with E-state index in [1.165, 1.54) is 36.8 Å². The highest BCUT2D eigenvalue weighted by molar-refractivity contribution is 9.10. The third-order valence-electron chi connectivity index (χ3n) is 8.26. The molecule has 2 aliphatic rings. The highest BCUT2D eigenvalue weighted by Crippen LogP contribution is 2.44. The number of rotatable bonds is 7. The second-order valence-corrected chi connectivity index (χ2v) is 12.5. The molecule has 2 saturated carbocycles. The molecule has 3 heterocycles. The molecule has 0 bridgehead atoms. The van der Waals surface area contributed by atoms with Gasteiger partial charge in [-0.3, -0.25) is 0 Å². The first-order chi connectivity index (χ1) is 22.8. The normalized spacial score (nSPS) is 13.9. The van der Waals surface area contributed by atoms with Crippen LogP contribution < -0.4 is 0 Å². The molecule has 0 saturated heterocycles. The van der Waals surface area contributed by atoms with Crippen molar-refractivity contribution in [3.8, 4) is 0 Å². The number of nitrogens with one attached hydrogen (secondary N) is 3. The van der Waals surface area contributed by atoms with E-state index in [0.29, 0.717) is 36.4 Å². The van der Waals surface area contributed by atoms with Crippen LogP contribution in [0.25, 0.3) is 32.7 Å². The number of hydrogen-bond donors (Lipinski definition) is 4. The van der Waals surface area contributed by atoms with Crippen molar-refractivity contribution in [3.05, 3.63) is 105 Å². The third-order valence-corrected chi connectivity index (χ3v) is 8.95. The second-order valence-electron chi connectivity index (χ2n) is 11.7. The Morgan fingerprint density at radius 2 is 1.06 bits per heavy atom. The molecule has 47 heavy (non-hydrogen) atoms. The van der Waals surface area contributed by atoms with E-state index in [0.717, 1.165) is 37.2 Å². The van der Waals surface area contributed by atoms with E-state index in [2.05, 4.69) is 43.0 Å². The average Bonchev–Trinajstić information content (AvgIpc) is 3.95. The summed E-state index contributed by atoms with van der Waals surface area (Å²) < 4.78 is 10.9. The fourth-order valence-corrected chi connectivity index (χ4v) is 6.21. The van der Waals surface area contributed by atoms with Gasteiger partial charge in [-0.2, -0.15) is 0 Å². The first-order valence-electron chi connectivity index (χ1n) is 15.8. The summed E-state index contributed by atoms with van der Waals surface area (Å²) >= 11 is 3.43. The molecule has 6 aromatic rings. The van der Waals surface area contributed by atoms with E-state index in [-0.39, 0.29) is 17.6 Å². The molecule has 10 heteroatoms. The Morgan fingerprint density at radius 1 is 0.660 bits per heavy atom. The van der Waals surface area contributed by atoms with Crippen molar-refractivity contribution >= 4 is 66.5 Å². The molecule has 0 aliphatic heterocycles. The predicted octanol–water partition coefficient (Wildman–Crippen LogP) is 9.07. The van der Waals surface area contributed by atoms with Gasteiger partial charge in [-0.15, -0.1) is 0 Å². The van der Waals surface area contributed by atoms with Crippen LogP contribution in [-0.4, -0.2) is 51.2 Å². The zero-order valence-corrected chi connectivity index (χ0v) is 27.8. The molecule has 0 atom stereocenters. The molecule has 2 fully saturated rings. The molecule has 8 rings (SSSR count). The van der Waals surface area contributed by atoms with E-state index >= 15 is 0 Å². The fraction of sp³-hybridized carbons (Fsp3) is 0.270. The van der Waals surface area contributed by atoms with Gasteiger partial charge in [0.2, 0.25) is 0 Å². The highest BCUT2D eigenvalue weighted by atomic mass is 79.9. The number of carbonyl (C=O) groups is 3. The summed E-state index contributed by atoms with van der Waals surface area (Å²) in [5.41, 5.74) is 6.83. The summed E-state index contributed by atoms with van der Waals surface area (Å²) in [6, 6.07) is 23.4. The van der Waals surface area contributed by atoms with Crippen molar-refractivity contribution in [2.24, 2.45) is 0 Å². The fourth-order valence-electron chi connectivity index (χ4n) is 5.73. The number of hydrogen-bond acceptors (Lipinski definition) is 5. The van der Waals surface area contributed by atoms with Gasteiger partial charge in [-0.1, -0.05) is 46.3 Å². The van der Waals surface area contributed by atoms with Gasteiger partial charge >= 0.3 is 17.9 Å². The van der Waals surface area contributed by atoms with Crippen LogP contribution in [0.15, 0.2) is 77.3 Å². The van der Waals surface area contributed by atoms with Crippen molar-refractivity contribution in [3.63, 3.8) is 0 Å². The molecule has 0 amide bonds. The summed E-state index contributed by atoms with van der Waals surface area (Å²) in [4.78, 5) is 43.0. The van der Waals surface area contributed by atoms with E-state index in [9.17, 15) is 14.4 Å². The molecular formula is C37H36BrN3O6. The zero-order valence-electron chi connectivity index (χ0n) is 26.2. The summed E-state index contributed by atoms with van der Waals surface area (Å²) in [5, 5.41) is 12.1.